The van der Waals surface area contributed by atoms with E-state index in [1.165, 1.54) is 16.7 Å². The monoisotopic (exact) mass is 462 g/mol. The van der Waals surface area contributed by atoms with Crippen LogP contribution in [0.5, 0.6) is 11.5 Å². The van der Waals surface area contributed by atoms with Crippen molar-refractivity contribution in [1.82, 2.24) is 19.6 Å². The Kier molecular flexibility index (Phi) is 6.85. The second kappa shape index (κ2) is 10.2. The summed E-state index contributed by atoms with van der Waals surface area (Å²) in [7, 11) is 1.69. The highest BCUT2D eigenvalue weighted by Crippen LogP contribution is 2.27. The van der Waals surface area contributed by atoms with E-state index in [1.807, 2.05) is 35.1 Å². The predicted octanol–water partition coefficient (Wildman–Crippen LogP) is 3.88. The summed E-state index contributed by atoms with van der Waals surface area (Å²) in [6, 6.07) is 14.6. The molecule has 0 N–H and O–H groups in total. The minimum absolute atomic E-state index is 0.278. The zero-order chi connectivity index (χ0) is 23.5. The van der Waals surface area contributed by atoms with Gasteiger partial charge >= 0.3 is 0 Å². The van der Waals surface area contributed by atoms with E-state index in [4.69, 9.17) is 14.2 Å². The van der Waals surface area contributed by atoms with Crippen molar-refractivity contribution in [1.29, 1.82) is 0 Å². The van der Waals surface area contributed by atoms with Crippen molar-refractivity contribution in [2.24, 2.45) is 0 Å². The zero-order valence-electron chi connectivity index (χ0n) is 20.3. The van der Waals surface area contributed by atoms with E-state index in [-0.39, 0.29) is 12.2 Å². The molecule has 1 aromatic heterocycles. The lowest BCUT2D eigenvalue weighted by molar-refractivity contribution is -0.0704. The Morgan fingerprint density at radius 3 is 2.62 bits per heavy atom. The SMILES string of the molecule is COc1ccccc1-n1cc(CN2CCOc3ccc(CN4C[C@@H](C)O[C@@H](C)C4)cc3C2)cn1. The maximum absolute atomic E-state index is 6.09. The number of aromatic nitrogens is 2. The predicted molar refractivity (Wildman–Crippen MR) is 131 cm³/mol. The van der Waals surface area contributed by atoms with Crippen LogP contribution in [0.25, 0.3) is 5.69 Å². The van der Waals surface area contributed by atoms with Gasteiger partial charge in [0.05, 0.1) is 25.5 Å². The summed E-state index contributed by atoms with van der Waals surface area (Å²) >= 11 is 0. The van der Waals surface area contributed by atoms with Crippen LogP contribution in [0, 0.1) is 0 Å². The Morgan fingerprint density at radius 1 is 1.00 bits per heavy atom. The number of benzene rings is 2. The first-order valence-electron chi connectivity index (χ1n) is 12.1. The average molecular weight is 463 g/mol. The van der Waals surface area contributed by atoms with E-state index in [1.54, 1.807) is 7.11 Å². The van der Waals surface area contributed by atoms with E-state index in [2.05, 4.69) is 53.1 Å². The van der Waals surface area contributed by atoms with Crippen LogP contribution in [-0.2, 0) is 24.4 Å². The molecule has 34 heavy (non-hydrogen) atoms. The third-order valence-corrected chi connectivity index (χ3v) is 6.46. The molecular weight excluding hydrogens is 428 g/mol. The maximum atomic E-state index is 6.09. The topological polar surface area (TPSA) is 52.0 Å². The van der Waals surface area contributed by atoms with Crippen molar-refractivity contribution in [2.75, 3.05) is 33.4 Å². The molecule has 3 heterocycles. The van der Waals surface area contributed by atoms with Gasteiger partial charge in [0.1, 0.15) is 23.8 Å². The lowest BCUT2D eigenvalue weighted by Gasteiger charge is -2.35. The molecule has 1 saturated heterocycles. The lowest BCUT2D eigenvalue weighted by atomic mass is 10.1. The van der Waals surface area contributed by atoms with Crippen LogP contribution in [0.2, 0.25) is 0 Å². The van der Waals surface area contributed by atoms with Crippen LogP contribution in [0.1, 0.15) is 30.5 Å². The number of rotatable bonds is 6. The van der Waals surface area contributed by atoms with E-state index >= 15 is 0 Å². The molecule has 0 aliphatic carbocycles. The number of para-hydroxylation sites is 2. The fourth-order valence-corrected chi connectivity index (χ4v) is 5.06. The van der Waals surface area contributed by atoms with Gasteiger partial charge in [-0.3, -0.25) is 9.80 Å². The molecule has 0 saturated carbocycles. The largest absolute Gasteiger partial charge is 0.494 e. The highest BCUT2D eigenvalue weighted by molar-refractivity contribution is 5.46. The molecule has 0 radical (unpaired) electrons. The lowest BCUT2D eigenvalue weighted by Crippen LogP contribution is -2.44. The molecule has 0 bridgehead atoms. The van der Waals surface area contributed by atoms with Crippen molar-refractivity contribution in [3.05, 3.63) is 71.5 Å². The van der Waals surface area contributed by atoms with E-state index in [0.717, 1.165) is 56.5 Å². The third-order valence-electron chi connectivity index (χ3n) is 6.46. The van der Waals surface area contributed by atoms with Gasteiger partial charge in [0.15, 0.2) is 0 Å². The molecule has 2 aliphatic heterocycles. The Morgan fingerprint density at radius 2 is 1.79 bits per heavy atom. The van der Waals surface area contributed by atoms with Gasteiger partial charge in [0.2, 0.25) is 0 Å². The molecule has 1 fully saturated rings. The smallest absolute Gasteiger partial charge is 0.144 e. The molecule has 2 aromatic carbocycles. The molecule has 2 aliphatic rings. The Balaban J connectivity index is 1.27. The second-order valence-electron chi connectivity index (χ2n) is 9.42. The van der Waals surface area contributed by atoms with Crippen molar-refractivity contribution in [3.8, 4) is 17.2 Å². The number of hydrogen-bond acceptors (Lipinski definition) is 6. The molecule has 180 valence electrons. The summed E-state index contributed by atoms with van der Waals surface area (Å²) in [5, 5.41) is 4.58. The summed E-state index contributed by atoms with van der Waals surface area (Å²) in [6.07, 6.45) is 4.58. The molecular formula is C27H34N4O3. The fourth-order valence-electron chi connectivity index (χ4n) is 5.06. The van der Waals surface area contributed by atoms with Crippen LogP contribution in [0.4, 0.5) is 0 Å². The van der Waals surface area contributed by atoms with Crippen LogP contribution in [-0.4, -0.2) is 65.1 Å². The summed E-state index contributed by atoms with van der Waals surface area (Å²) in [5.41, 5.74) is 4.69. The number of ether oxygens (including phenoxy) is 3. The van der Waals surface area contributed by atoms with Crippen LogP contribution >= 0.6 is 0 Å². The van der Waals surface area contributed by atoms with Gasteiger partial charge in [-0.15, -0.1) is 0 Å². The van der Waals surface area contributed by atoms with E-state index in [9.17, 15) is 0 Å². The molecule has 0 amide bonds. The molecule has 0 spiro atoms. The quantitative estimate of drug-likeness (QED) is 0.554. The number of morpholine rings is 1. The molecule has 2 atom stereocenters. The van der Waals surface area contributed by atoms with Gasteiger partial charge in [-0.1, -0.05) is 18.2 Å². The summed E-state index contributed by atoms with van der Waals surface area (Å²) in [6.45, 7) is 10.4. The van der Waals surface area contributed by atoms with Crippen LogP contribution in [0.3, 0.4) is 0 Å². The van der Waals surface area contributed by atoms with Crippen molar-refractivity contribution in [3.63, 3.8) is 0 Å². The minimum Gasteiger partial charge on any atom is -0.494 e. The first kappa shape index (κ1) is 22.9. The summed E-state index contributed by atoms with van der Waals surface area (Å²) in [4.78, 5) is 4.92. The minimum atomic E-state index is 0.278. The first-order chi connectivity index (χ1) is 16.6. The highest BCUT2D eigenvalue weighted by atomic mass is 16.5. The molecule has 5 rings (SSSR count). The summed E-state index contributed by atoms with van der Waals surface area (Å²) in [5.74, 6) is 1.81. The number of methoxy groups -OCH3 is 1. The molecule has 0 unspecified atom stereocenters. The van der Waals surface area contributed by atoms with Crippen molar-refractivity contribution >= 4 is 0 Å². The van der Waals surface area contributed by atoms with E-state index in [0.29, 0.717) is 6.61 Å². The Hall–Kier alpha value is -2.87. The Labute approximate surface area is 201 Å². The number of hydrogen-bond donors (Lipinski definition) is 0. The van der Waals surface area contributed by atoms with Crippen LogP contribution in [0.15, 0.2) is 54.9 Å². The fraction of sp³-hybridized carbons (Fsp3) is 0.444. The van der Waals surface area contributed by atoms with E-state index < -0.39 is 0 Å². The van der Waals surface area contributed by atoms with Gasteiger partial charge in [0.25, 0.3) is 0 Å². The van der Waals surface area contributed by atoms with Gasteiger partial charge in [-0.25, -0.2) is 4.68 Å². The maximum Gasteiger partial charge on any atom is 0.144 e. The summed E-state index contributed by atoms with van der Waals surface area (Å²) < 4.78 is 19.4. The number of fused-ring (bicyclic) bond motifs is 1. The van der Waals surface area contributed by atoms with Gasteiger partial charge < -0.3 is 14.2 Å². The standard InChI is InChI=1S/C27H34N4O3/c1-20-14-30(15-21(2)34-20)16-22-8-9-26-24(12-22)19-29(10-11-33-26)17-23-13-28-31(18-23)25-6-4-5-7-27(25)32-3/h4-9,12-13,18,20-21H,10-11,14-17,19H2,1-3H3/t20-,21+. The first-order valence-corrected chi connectivity index (χ1v) is 12.1. The number of nitrogens with zero attached hydrogens (tertiary/aromatic N) is 4. The van der Waals surface area contributed by atoms with Gasteiger partial charge in [0, 0.05) is 56.6 Å². The van der Waals surface area contributed by atoms with Crippen LogP contribution < -0.4 is 9.47 Å². The Bertz CT molecular complexity index is 1100. The molecule has 7 heteroatoms. The second-order valence-corrected chi connectivity index (χ2v) is 9.42. The molecule has 7 nitrogen and oxygen atoms in total. The van der Waals surface area contributed by atoms with Gasteiger partial charge in [-0.05, 0) is 43.7 Å². The molecule has 3 aromatic rings. The normalized spacial score (nSPS) is 21.5. The third kappa shape index (κ3) is 5.27. The van der Waals surface area contributed by atoms with Crippen molar-refractivity contribution in [2.45, 2.75) is 45.7 Å². The van der Waals surface area contributed by atoms with Gasteiger partial charge in [-0.2, -0.15) is 5.10 Å². The highest BCUT2D eigenvalue weighted by Gasteiger charge is 2.23. The van der Waals surface area contributed by atoms with Crippen molar-refractivity contribution < 1.29 is 14.2 Å². The average Bonchev–Trinajstić information content (AvgIpc) is 3.18. The zero-order valence-corrected chi connectivity index (χ0v) is 20.3.